The molecule has 3 aromatic heterocycles. The Morgan fingerprint density at radius 2 is 2.09 bits per heavy atom. The Kier molecular flexibility index (Phi) is 6.57. The Labute approximate surface area is 205 Å². The Morgan fingerprint density at radius 3 is 2.89 bits per heavy atom. The van der Waals surface area contributed by atoms with Gasteiger partial charge in [0.15, 0.2) is 29.7 Å². The average molecular weight is 502 g/mol. The molecular formula is C24H25ClFN5O4. The number of aromatic nitrogens is 3. The minimum Gasteiger partial charge on any atom is -0.488 e. The monoisotopic (exact) mass is 501 g/mol. The molecule has 5 rings (SSSR count). The van der Waals surface area contributed by atoms with Crippen molar-refractivity contribution in [2.24, 2.45) is 13.0 Å². The molecule has 1 aliphatic carbocycles. The third kappa shape index (κ3) is 4.94. The molecule has 1 saturated carbocycles. The largest absolute Gasteiger partial charge is 0.488 e. The van der Waals surface area contributed by atoms with E-state index in [4.69, 9.17) is 21.1 Å². The fourth-order valence-corrected chi connectivity index (χ4v) is 4.76. The van der Waals surface area contributed by atoms with Gasteiger partial charge in [0.25, 0.3) is 11.5 Å². The van der Waals surface area contributed by atoms with Crippen molar-refractivity contribution in [2.45, 2.75) is 38.3 Å². The summed E-state index contributed by atoms with van der Waals surface area (Å²) < 4.78 is 27.1. The highest BCUT2D eigenvalue weighted by molar-refractivity contribution is 6.31. The second-order valence-corrected chi connectivity index (χ2v) is 9.32. The molecule has 0 unspecified atom stereocenters. The molecule has 0 saturated heterocycles. The highest BCUT2D eigenvalue weighted by atomic mass is 35.5. The topological polar surface area (TPSA) is 107 Å². The zero-order chi connectivity index (χ0) is 24.5. The number of aryl methyl sites for hydroxylation is 1. The second-order valence-electron chi connectivity index (χ2n) is 8.91. The third-order valence-corrected chi connectivity index (χ3v) is 6.87. The predicted octanol–water partition coefficient (Wildman–Crippen LogP) is 3.18. The van der Waals surface area contributed by atoms with Crippen molar-refractivity contribution in [2.75, 3.05) is 18.5 Å². The van der Waals surface area contributed by atoms with Gasteiger partial charge in [-0.2, -0.15) is 0 Å². The van der Waals surface area contributed by atoms with Crippen molar-refractivity contribution in [1.29, 1.82) is 0 Å². The summed E-state index contributed by atoms with van der Waals surface area (Å²) in [5.74, 6) is 0.376. The normalized spacial score (nSPS) is 19.7. The number of nitrogens with zero attached hydrogens (tertiary/aromatic N) is 3. The van der Waals surface area contributed by atoms with E-state index in [1.54, 1.807) is 19.2 Å². The summed E-state index contributed by atoms with van der Waals surface area (Å²) in [5, 5.41) is 6.67. The van der Waals surface area contributed by atoms with Crippen LogP contribution in [-0.4, -0.2) is 39.7 Å². The van der Waals surface area contributed by atoms with Gasteiger partial charge in [0.05, 0.1) is 29.0 Å². The van der Waals surface area contributed by atoms with Crippen molar-refractivity contribution in [1.82, 2.24) is 19.9 Å². The molecule has 0 atom stereocenters. The number of ether oxygens (including phenoxy) is 2. The molecule has 1 fully saturated rings. The molecular weight excluding hydrogens is 477 g/mol. The fourth-order valence-electron chi connectivity index (χ4n) is 4.55. The molecule has 4 heterocycles. The quantitative estimate of drug-likeness (QED) is 0.534. The number of carbonyl (C=O) groups is 1. The number of anilines is 1. The van der Waals surface area contributed by atoms with E-state index in [0.29, 0.717) is 46.5 Å². The summed E-state index contributed by atoms with van der Waals surface area (Å²) in [5.41, 5.74) is 1.28. The first kappa shape index (κ1) is 23.5. The van der Waals surface area contributed by atoms with Crippen LogP contribution in [0.15, 0.2) is 29.2 Å². The van der Waals surface area contributed by atoms with Gasteiger partial charge in [-0.3, -0.25) is 14.6 Å². The third-order valence-electron chi connectivity index (χ3n) is 6.54. The van der Waals surface area contributed by atoms with Gasteiger partial charge >= 0.3 is 0 Å². The lowest BCUT2D eigenvalue weighted by atomic mass is 9.86. The predicted molar refractivity (Wildman–Crippen MR) is 128 cm³/mol. The van der Waals surface area contributed by atoms with Crippen LogP contribution in [0.5, 0.6) is 11.5 Å². The molecule has 1 aliphatic heterocycles. The molecule has 2 aliphatic rings. The van der Waals surface area contributed by atoms with Crippen LogP contribution in [-0.2, 0) is 18.4 Å². The molecule has 0 spiro atoms. The zero-order valence-electron chi connectivity index (χ0n) is 19.1. The van der Waals surface area contributed by atoms with Crippen molar-refractivity contribution >= 4 is 34.4 Å². The Morgan fingerprint density at radius 1 is 1.29 bits per heavy atom. The molecule has 0 radical (unpaired) electrons. The van der Waals surface area contributed by atoms with Crippen LogP contribution in [0.4, 0.5) is 10.2 Å². The number of fused-ring (bicyclic) bond motifs is 2. The maximum atomic E-state index is 14.5. The Balaban J connectivity index is 1.16. The van der Waals surface area contributed by atoms with E-state index in [9.17, 15) is 14.0 Å². The highest BCUT2D eigenvalue weighted by Gasteiger charge is 2.24. The van der Waals surface area contributed by atoms with Gasteiger partial charge in [-0.05, 0) is 37.7 Å². The summed E-state index contributed by atoms with van der Waals surface area (Å²) in [7, 11) is 1.58. The van der Waals surface area contributed by atoms with Crippen LogP contribution in [0.1, 0.15) is 31.4 Å². The SMILES string of the molecule is Cn1c(=O)ccc2ncc(F)c(OC[C@H]3CC[C@H](NCc4nc5c(cc4Cl)OCC(=O)N5)CC3)c21. The van der Waals surface area contributed by atoms with Crippen LogP contribution in [0.25, 0.3) is 11.0 Å². The van der Waals surface area contributed by atoms with Gasteiger partial charge < -0.3 is 24.7 Å². The summed E-state index contributed by atoms with van der Waals surface area (Å²) in [6.45, 7) is 0.789. The highest BCUT2D eigenvalue weighted by Crippen LogP contribution is 2.32. The molecule has 11 heteroatoms. The summed E-state index contributed by atoms with van der Waals surface area (Å²) in [4.78, 5) is 32.1. The molecule has 184 valence electrons. The first-order valence-corrected chi connectivity index (χ1v) is 11.9. The maximum absolute atomic E-state index is 14.5. The molecule has 2 N–H and O–H groups in total. The number of hydrogen-bond donors (Lipinski definition) is 2. The number of amides is 1. The van der Waals surface area contributed by atoms with Crippen LogP contribution >= 0.6 is 11.6 Å². The zero-order valence-corrected chi connectivity index (χ0v) is 19.9. The van der Waals surface area contributed by atoms with E-state index in [-0.39, 0.29) is 35.8 Å². The van der Waals surface area contributed by atoms with Crippen LogP contribution in [0, 0.1) is 11.7 Å². The lowest BCUT2D eigenvalue weighted by Crippen LogP contribution is -2.34. The van der Waals surface area contributed by atoms with Crippen molar-refractivity contribution in [3.8, 4) is 11.5 Å². The number of carbonyl (C=O) groups excluding carboxylic acids is 1. The molecule has 9 nitrogen and oxygen atoms in total. The van der Waals surface area contributed by atoms with E-state index >= 15 is 0 Å². The first-order valence-electron chi connectivity index (χ1n) is 11.5. The smallest absolute Gasteiger partial charge is 0.263 e. The van der Waals surface area contributed by atoms with Gasteiger partial charge in [-0.1, -0.05) is 11.6 Å². The minimum atomic E-state index is -0.579. The number of nitrogens with one attached hydrogen (secondary N) is 2. The lowest BCUT2D eigenvalue weighted by molar-refractivity contribution is -0.118. The van der Waals surface area contributed by atoms with Gasteiger partial charge in [0, 0.05) is 31.8 Å². The maximum Gasteiger partial charge on any atom is 0.263 e. The van der Waals surface area contributed by atoms with E-state index in [1.807, 2.05) is 0 Å². The van der Waals surface area contributed by atoms with Crippen molar-refractivity contribution < 1.29 is 18.7 Å². The van der Waals surface area contributed by atoms with Crippen molar-refractivity contribution in [3.63, 3.8) is 0 Å². The van der Waals surface area contributed by atoms with E-state index in [1.165, 1.54) is 10.6 Å². The van der Waals surface area contributed by atoms with Gasteiger partial charge in [-0.25, -0.2) is 9.37 Å². The Bertz CT molecular complexity index is 1340. The van der Waals surface area contributed by atoms with Gasteiger partial charge in [-0.15, -0.1) is 0 Å². The van der Waals surface area contributed by atoms with E-state index in [2.05, 4.69) is 20.6 Å². The molecule has 0 aromatic carbocycles. The minimum absolute atomic E-state index is 0.0439. The first-order chi connectivity index (χ1) is 16.9. The van der Waals surface area contributed by atoms with Gasteiger partial charge in [0.2, 0.25) is 0 Å². The van der Waals surface area contributed by atoms with Crippen LogP contribution in [0.3, 0.4) is 0 Å². The molecule has 1 amide bonds. The van der Waals surface area contributed by atoms with Crippen LogP contribution in [0.2, 0.25) is 5.02 Å². The van der Waals surface area contributed by atoms with E-state index in [0.717, 1.165) is 31.9 Å². The standard InChI is InChI=1S/C24H25ClFN5O4/c1-31-21(33)7-6-17-22(31)23(16(26)9-28-17)35-11-13-2-4-14(5-3-13)27-10-18-15(25)8-19-24(29-18)30-20(32)12-34-19/h6-9,13-14,27H,2-5,10-12H2,1H3,(H,29,30,32)/t13-,14-. The molecule has 3 aromatic rings. The molecule has 0 bridgehead atoms. The van der Waals surface area contributed by atoms with Gasteiger partial charge in [0.1, 0.15) is 5.52 Å². The fraction of sp³-hybridized carbons (Fsp3) is 0.417. The number of pyridine rings is 3. The second kappa shape index (κ2) is 9.79. The van der Waals surface area contributed by atoms with Crippen LogP contribution < -0.4 is 25.7 Å². The average Bonchev–Trinajstić information content (AvgIpc) is 2.85. The number of hydrogen-bond acceptors (Lipinski definition) is 7. The van der Waals surface area contributed by atoms with E-state index < -0.39 is 5.82 Å². The molecule has 35 heavy (non-hydrogen) atoms. The van der Waals surface area contributed by atoms with Crippen molar-refractivity contribution in [3.05, 3.63) is 51.3 Å². The summed E-state index contributed by atoms with van der Waals surface area (Å²) in [6.07, 6.45) is 4.80. The lowest BCUT2D eigenvalue weighted by Gasteiger charge is -2.29. The number of rotatable bonds is 6. The Hall–Kier alpha value is -3.24. The summed E-state index contributed by atoms with van der Waals surface area (Å²) in [6, 6.07) is 4.94. The number of halogens is 2. The summed E-state index contributed by atoms with van der Waals surface area (Å²) >= 11 is 6.34.